The minimum Gasteiger partial charge on any atom is -0.373 e. The number of rotatable bonds is 15. The van der Waals surface area contributed by atoms with Crippen molar-refractivity contribution in [3.05, 3.63) is 0 Å². The van der Waals surface area contributed by atoms with Crippen molar-refractivity contribution in [3.63, 3.8) is 0 Å². The minimum atomic E-state index is 0.332. The second-order valence-electron chi connectivity index (χ2n) is 7.10. The summed E-state index contributed by atoms with van der Waals surface area (Å²) in [7, 11) is 0. The van der Waals surface area contributed by atoms with E-state index in [0.717, 1.165) is 17.6 Å². The minimum absolute atomic E-state index is 0.332. The number of unbranched alkanes of at least 4 members (excludes halogenated alkanes) is 12. The maximum absolute atomic E-state index is 5.86. The first-order valence-corrected chi connectivity index (χ1v) is 11.7. The molecule has 3 heteroatoms. The van der Waals surface area contributed by atoms with E-state index in [-0.39, 0.29) is 0 Å². The smallest absolute Gasteiger partial charge is 0.0899 e. The molecule has 0 aromatic carbocycles. The molecule has 1 rings (SSSR count). The van der Waals surface area contributed by atoms with E-state index < -0.39 is 0 Å². The molecular weight excluding hydrogens is 399 g/mol. The molecule has 0 unspecified atom stereocenters. The Morgan fingerprint density at radius 2 is 1.09 bits per heavy atom. The topological polar surface area (TPSA) is 18.5 Å². The molecule has 1 aliphatic rings. The molecule has 0 aromatic rings. The van der Waals surface area contributed by atoms with Gasteiger partial charge in [0.2, 0.25) is 0 Å². The highest BCUT2D eigenvalue weighted by Gasteiger charge is 2.20. The van der Waals surface area contributed by atoms with Crippen LogP contribution in [0, 0.1) is 0 Å². The largest absolute Gasteiger partial charge is 0.373 e. The Labute approximate surface area is 158 Å². The number of halogens is 1. The van der Waals surface area contributed by atoms with Crippen molar-refractivity contribution < 1.29 is 9.47 Å². The lowest BCUT2D eigenvalue weighted by molar-refractivity contribution is -0.126. The summed E-state index contributed by atoms with van der Waals surface area (Å²) < 4.78 is 12.7. The predicted octanol–water partition coefficient (Wildman–Crippen LogP) is 6.69. The van der Waals surface area contributed by atoms with Crippen molar-refractivity contribution in [1.29, 1.82) is 0 Å². The first kappa shape index (κ1) is 21.7. The van der Waals surface area contributed by atoms with Crippen molar-refractivity contribution in [1.82, 2.24) is 0 Å². The Morgan fingerprint density at radius 3 is 1.52 bits per heavy atom. The first-order valence-electron chi connectivity index (χ1n) is 10.2. The maximum atomic E-state index is 5.86. The highest BCUT2D eigenvalue weighted by molar-refractivity contribution is 14.1. The lowest BCUT2D eigenvalue weighted by atomic mass is 10.0. The van der Waals surface area contributed by atoms with Gasteiger partial charge in [0.15, 0.2) is 0 Å². The molecule has 0 spiro atoms. The van der Waals surface area contributed by atoms with Crippen LogP contribution in [0.3, 0.4) is 0 Å². The summed E-state index contributed by atoms with van der Waals surface area (Å²) in [4.78, 5) is 0. The third kappa shape index (κ3) is 12.6. The van der Waals surface area contributed by atoms with Gasteiger partial charge in [-0.2, -0.15) is 0 Å². The molecule has 0 aliphatic carbocycles. The molecule has 0 amide bonds. The Bertz CT molecular complexity index is 240. The quantitative estimate of drug-likeness (QED) is 0.161. The third-order valence-electron chi connectivity index (χ3n) is 4.84. The molecule has 0 N–H and O–H groups in total. The summed E-state index contributed by atoms with van der Waals surface area (Å²) in [6, 6.07) is 0. The molecule has 0 saturated carbocycles. The second kappa shape index (κ2) is 16.1. The Kier molecular flexibility index (Phi) is 15.2. The molecule has 2 nitrogen and oxygen atoms in total. The molecule has 0 bridgehead atoms. The highest BCUT2D eigenvalue weighted by Crippen LogP contribution is 2.17. The molecule has 0 radical (unpaired) electrons. The van der Waals surface area contributed by atoms with E-state index in [1.807, 2.05) is 0 Å². The van der Waals surface area contributed by atoms with Crippen LogP contribution < -0.4 is 0 Å². The summed E-state index contributed by atoms with van der Waals surface area (Å²) >= 11 is 2.37. The zero-order valence-electron chi connectivity index (χ0n) is 15.4. The van der Waals surface area contributed by atoms with Crippen molar-refractivity contribution in [2.45, 2.75) is 109 Å². The number of ether oxygens (including phenoxy) is 2. The molecule has 138 valence electrons. The number of alkyl halides is 1. The maximum Gasteiger partial charge on any atom is 0.0899 e. The van der Waals surface area contributed by atoms with Crippen LogP contribution in [0.15, 0.2) is 0 Å². The molecule has 1 fully saturated rings. The van der Waals surface area contributed by atoms with Crippen LogP contribution in [-0.4, -0.2) is 29.8 Å². The van der Waals surface area contributed by atoms with Gasteiger partial charge in [0.1, 0.15) is 0 Å². The zero-order chi connectivity index (χ0) is 16.6. The van der Waals surface area contributed by atoms with Crippen molar-refractivity contribution in [2.24, 2.45) is 0 Å². The van der Waals surface area contributed by atoms with Gasteiger partial charge in [-0.25, -0.2) is 0 Å². The van der Waals surface area contributed by atoms with Gasteiger partial charge in [-0.3, -0.25) is 0 Å². The average Bonchev–Trinajstić information content (AvgIpc) is 2.59. The van der Waals surface area contributed by atoms with Crippen LogP contribution in [-0.2, 0) is 9.47 Å². The average molecular weight is 438 g/mol. The molecule has 1 saturated heterocycles. The lowest BCUT2D eigenvalue weighted by Gasteiger charge is -2.28. The zero-order valence-corrected chi connectivity index (χ0v) is 17.5. The molecule has 1 heterocycles. The van der Waals surface area contributed by atoms with E-state index in [1.54, 1.807) is 0 Å². The summed E-state index contributed by atoms with van der Waals surface area (Å²) in [6.45, 7) is 3.90. The van der Waals surface area contributed by atoms with E-state index in [1.165, 1.54) is 89.9 Å². The van der Waals surface area contributed by atoms with E-state index in [2.05, 4.69) is 29.5 Å². The molecule has 23 heavy (non-hydrogen) atoms. The Hall–Kier alpha value is 0.650. The fourth-order valence-corrected chi connectivity index (χ4v) is 3.74. The van der Waals surface area contributed by atoms with Crippen LogP contribution in [0.2, 0.25) is 0 Å². The van der Waals surface area contributed by atoms with Crippen molar-refractivity contribution in [3.8, 4) is 0 Å². The normalized spacial score (nSPS) is 21.7. The van der Waals surface area contributed by atoms with Gasteiger partial charge in [0.05, 0.1) is 25.4 Å². The van der Waals surface area contributed by atoms with E-state index in [0.29, 0.717) is 12.2 Å². The fourth-order valence-electron chi connectivity index (χ4n) is 3.23. The van der Waals surface area contributed by atoms with E-state index in [4.69, 9.17) is 9.47 Å². The van der Waals surface area contributed by atoms with Crippen LogP contribution in [0.25, 0.3) is 0 Å². The molecule has 2 atom stereocenters. The van der Waals surface area contributed by atoms with Gasteiger partial charge in [0.25, 0.3) is 0 Å². The van der Waals surface area contributed by atoms with Gasteiger partial charge < -0.3 is 9.47 Å². The van der Waals surface area contributed by atoms with Crippen LogP contribution in [0.4, 0.5) is 0 Å². The highest BCUT2D eigenvalue weighted by atomic mass is 127. The van der Waals surface area contributed by atoms with Crippen molar-refractivity contribution in [2.75, 3.05) is 17.6 Å². The molecular formula is C20H39IO2. The molecule has 0 aromatic heterocycles. The summed E-state index contributed by atoms with van der Waals surface area (Å²) in [5, 5.41) is 0. The monoisotopic (exact) mass is 438 g/mol. The predicted molar refractivity (Wildman–Crippen MR) is 109 cm³/mol. The van der Waals surface area contributed by atoms with E-state index >= 15 is 0 Å². The fraction of sp³-hybridized carbons (Fsp3) is 1.00. The summed E-state index contributed by atoms with van der Waals surface area (Å²) in [6.07, 6.45) is 20.3. The van der Waals surface area contributed by atoms with Crippen LogP contribution in [0.1, 0.15) is 96.8 Å². The van der Waals surface area contributed by atoms with Gasteiger partial charge in [-0.05, 0) is 6.42 Å². The molecule has 1 aliphatic heterocycles. The third-order valence-corrected chi connectivity index (χ3v) is 5.82. The number of hydrogen-bond donors (Lipinski definition) is 0. The standard InChI is InChI=1S/C20H39IO2/c1-2-3-4-5-6-7-8-9-10-11-12-13-14-15-19-17-23-20(16-21)18-22-19/h19-20H,2-18H2,1H3/t19-,20+/m0/s1. The summed E-state index contributed by atoms with van der Waals surface area (Å²) in [5.74, 6) is 0. The van der Waals surface area contributed by atoms with E-state index in [9.17, 15) is 0 Å². The van der Waals surface area contributed by atoms with Gasteiger partial charge in [0, 0.05) is 4.43 Å². The van der Waals surface area contributed by atoms with Crippen LogP contribution in [0.5, 0.6) is 0 Å². The Balaban J connectivity index is 1.73. The van der Waals surface area contributed by atoms with Gasteiger partial charge in [-0.15, -0.1) is 0 Å². The first-order chi connectivity index (χ1) is 11.4. The SMILES string of the molecule is CCCCCCCCCCCCCCC[C@H]1CO[C@H](CI)CO1. The van der Waals surface area contributed by atoms with Gasteiger partial charge in [-0.1, -0.05) is 113 Å². The summed E-state index contributed by atoms with van der Waals surface area (Å²) in [5.41, 5.74) is 0. The lowest BCUT2D eigenvalue weighted by Crippen LogP contribution is -2.36. The second-order valence-corrected chi connectivity index (χ2v) is 7.98. The number of hydrogen-bond acceptors (Lipinski definition) is 2. The van der Waals surface area contributed by atoms with Crippen LogP contribution >= 0.6 is 22.6 Å². The Morgan fingerprint density at radius 1 is 0.652 bits per heavy atom. The van der Waals surface area contributed by atoms with Crippen molar-refractivity contribution >= 4 is 22.6 Å². The van der Waals surface area contributed by atoms with Gasteiger partial charge >= 0.3 is 0 Å².